The zero-order valence-corrected chi connectivity index (χ0v) is 13.5. The van der Waals surface area contributed by atoms with E-state index in [4.69, 9.17) is 4.74 Å². The van der Waals surface area contributed by atoms with Crippen LogP contribution in [-0.4, -0.2) is 34.4 Å². The second kappa shape index (κ2) is 5.66. The lowest BCUT2D eigenvalue weighted by atomic mass is 9.96. The van der Waals surface area contributed by atoms with Gasteiger partial charge in [-0.25, -0.2) is 0 Å². The molecule has 0 bridgehead atoms. The van der Waals surface area contributed by atoms with Crippen LogP contribution in [0.1, 0.15) is 18.1 Å². The average Bonchev–Trinajstić information content (AvgIpc) is 2.94. The molecule has 1 atom stereocenters. The average molecular weight is 316 g/mol. The molecule has 1 aromatic carbocycles. The Morgan fingerprint density at radius 3 is 2.87 bits per heavy atom. The molecule has 23 heavy (non-hydrogen) atoms. The monoisotopic (exact) mass is 316 g/mol. The number of nitrogens with zero attached hydrogens (tertiary/aromatic N) is 4. The van der Waals surface area contributed by atoms with E-state index in [0.29, 0.717) is 30.9 Å². The molecule has 0 radical (unpaired) electrons. The van der Waals surface area contributed by atoms with Crippen LogP contribution in [0.15, 0.2) is 30.6 Å². The lowest BCUT2D eigenvalue weighted by molar-refractivity contribution is -0.384. The number of hydrogen-bond acceptors (Lipinski definition) is 5. The third-order valence-corrected chi connectivity index (χ3v) is 4.33. The van der Waals surface area contributed by atoms with Crippen LogP contribution in [0, 0.1) is 17.0 Å². The van der Waals surface area contributed by atoms with E-state index in [0.717, 1.165) is 5.56 Å². The summed E-state index contributed by atoms with van der Waals surface area (Å²) in [4.78, 5) is 13.2. The molecule has 0 N–H and O–H groups in total. The Hall–Kier alpha value is -2.41. The lowest BCUT2D eigenvalue weighted by Crippen LogP contribution is -2.48. The molecule has 0 spiro atoms. The van der Waals surface area contributed by atoms with E-state index in [1.54, 1.807) is 29.9 Å². The van der Waals surface area contributed by atoms with Gasteiger partial charge >= 0.3 is 0 Å². The zero-order valence-electron chi connectivity index (χ0n) is 13.5. The Bertz CT molecular complexity index is 743. The Kier molecular flexibility index (Phi) is 3.81. The van der Waals surface area contributed by atoms with Gasteiger partial charge in [0.15, 0.2) is 0 Å². The van der Waals surface area contributed by atoms with Gasteiger partial charge in [-0.1, -0.05) is 12.1 Å². The van der Waals surface area contributed by atoms with Crippen LogP contribution in [0.4, 0.5) is 11.4 Å². The molecule has 7 heteroatoms. The third-order valence-electron chi connectivity index (χ3n) is 4.33. The number of rotatable bonds is 3. The van der Waals surface area contributed by atoms with Crippen molar-refractivity contribution in [3.63, 3.8) is 0 Å². The molecule has 0 amide bonds. The first-order valence-electron chi connectivity index (χ1n) is 7.53. The highest BCUT2D eigenvalue weighted by atomic mass is 16.6. The van der Waals surface area contributed by atoms with Crippen LogP contribution in [0.5, 0.6) is 0 Å². The normalized spacial score (nSPS) is 21.4. The van der Waals surface area contributed by atoms with Gasteiger partial charge in [0, 0.05) is 30.9 Å². The SMILES string of the molecule is Cc1cccc(N2CCO[C@](C)(c3cnn(C)c3)C2)c1[N+](=O)[O-]. The predicted octanol–water partition coefficient (Wildman–Crippen LogP) is 2.39. The highest BCUT2D eigenvalue weighted by Gasteiger charge is 2.37. The van der Waals surface area contributed by atoms with Crippen molar-refractivity contribution in [1.82, 2.24) is 9.78 Å². The van der Waals surface area contributed by atoms with Crippen molar-refractivity contribution >= 4 is 11.4 Å². The molecule has 1 aromatic heterocycles. The van der Waals surface area contributed by atoms with Gasteiger partial charge in [0.25, 0.3) is 5.69 Å². The number of ether oxygens (including phenoxy) is 1. The Labute approximate surface area is 134 Å². The van der Waals surface area contributed by atoms with Crippen LogP contribution in [-0.2, 0) is 17.4 Å². The first kappa shape index (κ1) is 15.5. The number of benzene rings is 1. The number of morpholine rings is 1. The van der Waals surface area contributed by atoms with Crippen molar-refractivity contribution in [2.45, 2.75) is 19.4 Å². The van der Waals surface area contributed by atoms with Crippen molar-refractivity contribution in [3.8, 4) is 0 Å². The summed E-state index contributed by atoms with van der Waals surface area (Å²) < 4.78 is 7.72. The molecule has 0 aliphatic carbocycles. The van der Waals surface area contributed by atoms with Crippen molar-refractivity contribution in [3.05, 3.63) is 51.8 Å². The molecule has 0 saturated carbocycles. The van der Waals surface area contributed by atoms with Crippen LogP contribution in [0.25, 0.3) is 0 Å². The summed E-state index contributed by atoms with van der Waals surface area (Å²) in [5, 5.41) is 15.7. The highest BCUT2D eigenvalue weighted by Crippen LogP contribution is 2.36. The summed E-state index contributed by atoms with van der Waals surface area (Å²) in [5.41, 5.74) is 1.92. The van der Waals surface area contributed by atoms with Crippen LogP contribution < -0.4 is 4.90 Å². The zero-order chi connectivity index (χ0) is 16.6. The number of aryl methyl sites for hydroxylation is 2. The van der Waals surface area contributed by atoms with Crippen LogP contribution >= 0.6 is 0 Å². The van der Waals surface area contributed by atoms with E-state index < -0.39 is 5.60 Å². The van der Waals surface area contributed by atoms with E-state index in [2.05, 4.69) is 5.10 Å². The largest absolute Gasteiger partial charge is 0.367 e. The predicted molar refractivity (Wildman–Crippen MR) is 86.6 cm³/mol. The summed E-state index contributed by atoms with van der Waals surface area (Å²) in [7, 11) is 1.86. The molecular weight excluding hydrogens is 296 g/mol. The summed E-state index contributed by atoms with van der Waals surface area (Å²) in [6.45, 7) is 5.44. The number of anilines is 1. The van der Waals surface area contributed by atoms with Gasteiger partial charge in [0.1, 0.15) is 11.3 Å². The van der Waals surface area contributed by atoms with Crippen molar-refractivity contribution < 1.29 is 9.66 Å². The molecular formula is C16H20N4O3. The van der Waals surface area contributed by atoms with Crippen LogP contribution in [0.3, 0.4) is 0 Å². The van der Waals surface area contributed by atoms with E-state index in [1.807, 2.05) is 31.1 Å². The van der Waals surface area contributed by atoms with Crippen molar-refractivity contribution in [1.29, 1.82) is 0 Å². The molecule has 0 unspecified atom stereocenters. The minimum Gasteiger partial charge on any atom is -0.367 e. The smallest absolute Gasteiger partial charge is 0.295 e. The van der Waals surface area contributed by atoms with Gasteiger partial charge in [-0.15, -0.1) is 0 Å². The number of hydrogen-bond donors (Lipinski definition) is 0. The number of nitro groups is 1. The van der Waals surface area contributed by atoms with Gasteiger partial charge in [-0.05, 0) is 19.9 Å². The maximum atomic E-state index is 11.5. The fourth-order valence-corrected chi connectivity index (χ4v) is 3.08. The van der Waals surface area contributed by atoms with Gasteiger partial charge < -0.3 is 9.64 Å². The minimum atomic E-state index is -0.538. The third kappa shape index (κ3) is 2.79. The Morgan fingerprint density at radius 1 is 1.43 bits per heavy atom. The topological polar surface area (TPSA) is 73.4 Å². The molecule has 1 aliphatic rings. The van der Waals surface area contributed by atoms with E-state index in [1.165, 1.54) is 0 Å². The van der Waals surface area contributed by atoms with Crippen LogP contribution in [0.2, 0.25) is 0 Å². The summed E-state index contributed by atoms with van der Waals surface area (Å²) in [6, 6.07) is 5.43. The Morgan fingerprint density at radius 2 is 2.22 bits per heavy atom. The second-order valence-electron chi connectivity index (χ2n) is 6.10. The Balaban J connectivity index is 1.96. The first-order chi connectivity index (χ1) is 10.9. The van der Waals surface area contributed by atoms with Crippen molar-refractivity contribution in [2.75, 3.05) is 24.6 Å². The molecule has 1 aliphatic heterocycles. The number of para-hydroxylation sites is 1. The second-order valence-corrected chi connectivity index (χ2v) is 6.10. The fourth-order valence-electron chi connectivity index (χ4n) is 3.08. The standard InChI is InChI=1S/C16H20N4O3/c1-12-5-4-6-14(15(12)20(21)22)19-7-8-23-16(2,11-19)13-9-17-18(3)10-13/h4-6,9-10H,7-8,11H2,1-3H3/t16-/m0/s1. The number of aromatic nitrogens is 2. The lowest BCUT2D eigenvalue weighted by Gasteiger charge is -2.41. The van der Waals surface area contributed by atoms with Gasteiger partial charge in [-0.3, -0.25) is 14.8 Å². The quantitative estimate of drug-likeness (QED) is 0.642. The molecule has 1 fully saturated rings. The van der Waals surface area contributed by atoms with E-state index in [-0.39, 0.29) is 10.6 Å². The minimum absolute atomic E-state index is 0.169. The van der Waals surface area contributed by atoms with E-state index >= 15 is 0 Å². The molecule has 122 valence electrons. The number of nitro benzene ring substituents is 1. The molecule has 2 aromatic rings. The fraction of sp³-hybridized carbons (Fsp3) is 0.438. The molecule has 1 saturated heterocycles. The maximum Gasteiger partial charge on any atom is 0.295 e. The molecule has 7 nitrogen and oxygen atoms in total. The maximum absolute atomic E-state index is 11.5. The van der Waals surface area contributed by atoms with Gasteiger partial charge in [-0.2, -0.15) is 5.10 Å². The molecule has 2 heterocycles. The molecule has 3 rings (SSSR count). The van der Waals surface area contributed by atoms with Crippen molar-refractivity contribution in [2.24, 2.45) is 7.05 Å². The van der Waals surface area contributed by atoms with Gasteiger partial charge in [0.2, 0.25) is 0 Å². The van der Waals surface area contributed by atoms with Gasteiger partial charge in [0.05, 0.1) is 24.3 Å². The summed E-state index contributed by atoms with van der Waals surface area (Å²) in [5.74, 6) is 0. The summed E-state index contributed by atoms with van der Waals surface area (Å²) >= 11 is 0. The first-order valence-corrected chi connectivity index (χ1v) is 7.53. The highest BCUT2D eigenvalue weighted by molar-refractivity contribution is 5.67. The van der Waals surface area contributed by atoms with E-state index in [9.17, 15) is 10.1 Å². The summed E-state index contributed by atoms with van der Waals surface area (Å²) in [6.07, 6.45) is 3.71.